The van der Waals surface area contributed by atoms with Crippen molar-refractivity contribution >= 4 is 11.6 Å². The van der Waals surface area contributed by atoms with Crippen LogP contribution in [0.5, 0.6) is 0 Å². The fraction of sp³-hybridized carbons (Fsp3) is 0.700. The van der Waals surface area contributed by atoms with E-state index in [-0.39, 0.29) is 6.10 Å². The fourth-order valence-corrected chi connectivity index (χ4v) is 2.22. The first-order valence-electron chi connectivity index (χ1n) is 5.06. The van der Waals surface area contributed by atoms with E-state index in [1.807, 2.05) is 11.6 Å². The first kappa shape index (κ1) is 9.99. The molecule has 0 saturated heterocycles. The van der Waals surface area contributed by atoms with Gasteiger partial charge in [-0.3, -0.25) is 4.68 Å². The predicted molar refractivity (Wildman–Crippen MR) is 55.5 cm³/mol. The molecule has 1 heterocycles. The third-order valence-corrected chi connectivity index (χ3v) is 3.39. The molecule has 0 spiro atoms. The lowest BCUT2D eigenvalue weighted by Crippen LogP contribution is -2.21. The van der Waals surface area contributed by atoms with E-state index in [0.717, 1.165) is 36.4 Å². The van der Waals surface area contributed by atoms with Gasteiger partial charge in [0.1, 0.15) is 5.15 Å². The molecule has 4 heteroatoms. The molecule has 3 nitrogen and oxygen atoms in total. The Morgan fingerprint density at radius 1 is 1.43 bits per heavy atom. The Hall–Kier alpha value is -0.540. The van der Waals surface area contributed by atoms with Crippen molar-refractivity contribution in [2.24, 2.45) is 0 Å². The van der Waals surface area contributed by atoms with Gasteiger partial charge in [-0.1, -0.05) is 11.6 Å². The van der Waals surface area contributed by atoms with Gasteiger partial charge in [0.15, 0.2) is 0 Å². The molecule has 1 N–H and O–H groups in total. The Morgan fingerprint density at radius 2 is 2.07 bits per heavy atom. The third kappa shape index (κ3) is 1.79. The molecule has 1 aromatic rings. The summed E-state index contributed by atoms with van der Waals surface area (Å²) in [5.74, 6) is 0. The van der Waals surface area contributed by atoms with E-state index in [2.05, 4.69) is 5.10 Å². The molecule has 0 atom stereocenters. The van der Waals surface area contributed by atoms with Crippen LogP contribution in [0.4, 0.5) is 0 Å². The summed E-state index contributed by atoms with van der Waals surface area (Å²) in [6, 6.07) is 0.375. The van der Waals surface area contributed by atoms with Crippen LogP contribution in [0.1, 0.15) is 37.3 Å². The summed E-state index contributed by atoms with van der Waals surface area (Å²) in [6.07, 6.45) is 5.35. The maximum absolute atomic E-state index is 9.39. The number of rotatable bonds is 1. The molecule has 0 unspecified atom stereocenters. The zero-order valence-corrected chi connectivity index (χ0v) is 9.04. The SMILES string of the molecule is Cc1cnn(C2CCC(O)CC2)c1Cl. The van der Waals surface area contributed by atoms with E-state index in [1.165, 1.54) is 0 Å². The van der Waals surface area contributed by atoms with Gasteiger partial charge in [-0.05, 0) is 32.6 Å². The van der Waals surface area contributed by atoms with Crippen molar-refractivity contribution in [1.29, 1.82) is 0 Å². The molecule has 0 radical (unpaired) electrons. The minimum atomic E-state index is -0.123. The fourth-order valence-electron chi connectivity index (χ4n) is 1.99. The average molecular weight is 215 g/mol. The molecule has 1 aliphatic rings. The number of nitrogens with zero attached hydrogens (tertiary/aromatic N) is 2. The van der Waals surface area contributed by atoms with Crippen LogP contribution >= 0.6 is 11.6 Å². The van der Waals surface area contributed by atoms with E-state index < -0.39 is 0 Å². The Labute approximate surface area is 88.7 Å². The molecule has 0 amide bonds. The molecular weight excluding hydrogens is 200 g/mol. The minimum absolute atomic E-state index is 0.123. The average Bonchev–Trinajstić information content (AvgIpc) is 2.50. The Bertz CT molecular complexity index is 316. The predicted octanol–water partition coefficient (Wildman–Crippen LogP) is 2.32. The number of halogens is 1. The second-order valence-corrected chi connectivity index (χ2v) is 4.38. The molecule has 2 rings (SSSR count). The highest BCUT2D eigenvalue weighted by Gasteiger charge is 2.22. The summed E-state index contributed by atoms with van der Waals surface area (Å²) in [6.45, 7) is 1.96. The summed E-state index contributed by atoms with van der Waals surface area (Å²) in [7, 11) is 0. The van der Waals surface area contributed by atoms with Crippen LogP contribution in [-0.4, -0.2) is 21.0 Å². The monoisotopic (exact) mass is 214 g/mol. The molecule has 1 aromatic heterocycles. The molecule has 0 bridgehead atoms. The first-order valence-corrected chi connectivity index (χ1v) is 5.44. The molecule has 0 aromatic carbocycles. The normalized spacial score (nSPS) is 27.9. The summed E-state index contributed by atoms with van der Waals surface area (Å²) in [5.41, 5.74) is 1.03. The number of aliphatic hydroxyl groups is 1. The second-order valence-electron chi connectivity index (χ2n) is 4.03. The second kappa shape index (κ2) is 3.91. The van der Waals surface area contributed by atoms with Crippen molar-refractivity contribution in [3.63, 3.8) is 0 Å². The molecule has 78 valence electrons. The van der Waals surface area contributed by atoms with Crippen LogP contribution in [0.3, 0.4) is 0 Å². The molecular formula is C10H15ClN2O. The third-order valence-electron chi connectivity index (χ3n) is 2.91. The van der Waals surface area contributed by atoms with Gasteiger partial charge in [0.05, 0.1) is 18.3 Å². The van der Waals surface area contributed by atoms with Crippen molar-refractivity contribution in [2.75, 3.05) is 0 Å². The molecule has 14 heavy (non-hydrogen) atoms. The summed E-state index contributed by atoms with van der Waals surface area (Å²) in [4.78, 5) is 0. The van der Waals surface area contributed by atoms with Gasteiger partial charge in [0, 0.05) is 5.56 Å². The Balaban J connectivity index is 2.12. The lowest BCUT2D eigenvalue weighted by atomic mass is 9.93. The number of hydrogen-bond acceptors (Lipinski definition) is 2. The standard InChI is InChI=1S/C10H15ClN2O/c1-7-6-12-13(10(7)11)8-2-4-9(14)5-3-8/h6,8-9,14H,2-5H2,1H3. The lowest BCUT2D eigenvalue weighted by molar-refractivity contribution is 0.108. The van der Waals surface area contributed by atoms with Gasteiger partial charge < -0.3 is 5.11 Å². The maximum Gasteiger partial charge on any atom is 0.130 e. The number of hydrogen-bond donors (Lipinski definition) is 1. The van der Waals surface area contributed by atoms with Crippen molar-refractivity contribution in [2.45, 2.75) is 44.8 Å². The largest absolute Gasteiger partial charge is 0.393 e. The summed E-state index contributed by atoms with van der Waals surface area (Å²) >= 11 is 6.12. The molecule has 1 saturated carbocycles. The summed E-state index contributed by atoms with van der Waals surface area (Å²) < 4.78 is 1.89. The lowest BCUT2D eigenvalue weighted by Gasteiger charge is -2.26. The molecule has 0 aliphatic heterocycles. The van der Waals surface area contributed by atoms with Gasteiger partial charge in [0.2, 0.25) is 0 Å². The number of aromatic nitrogens is 2. The van der Waals surface area contributed by atoms with Gasteiger partial charge in [-0.25, -0.2) is 0 Å². The van der Waals surface area contributed by atoms with Crippen molar-refractivity contribution in [3.8, 4) is 0 Å². The topological polar surface area (TPSA) is 38.0 Å². The van der Waals surface area contributed by atoms with Crippen LogP contribution in [0, 0.1) is 6.92 Å². The Kier molecular flexibility index (Phi) is 2.79. The van der Waals surface area contributed by atoms with E-state index >= 15 is 0 Å². The minimum Gasteiger partial charge on any atom is -0.393 e. The Morgan fingerprint density at radius 3 is 2.57 bits per heavy atom. The first-order chi connectivity index (χ1) is 6.68. The van der Waals surface area contributed by atoms with Crippen LogP contribution in [-0.2, 0) is 0 Å². The van der Waals surface area contributed by atoms with Crippen molar-refractivity contribution in [3.05, 3.63) is 16.9 Å². The van der Waals surface area contributed by atoms with Gasteiger partial charge in [-0.2, -0.15) is 5.10 Å². The highest BCUT2D eigenvalue weighted by molar-refractivity contribution is 6.30. The highest BCUT2D eigenvalue weighted by atomic mass is 35.5. The van der Waals surface area contributed by atoms with Crippen molar-refractivity contribution in [1.82, 2.24) is 9.78 Å². The van der Waals surface area contributed by atoms with Crippen LogP contribution in [0.25, 0.3) is 0 Å². The van der Waals surface area contributed by atoms with Gasteiger partial charge in [-0.15, -0.1) is 0 Å². The van der Waals surface area contributed by atoms with Crippen LogP contribution in [0.15, 0.2) is 6.20 Å². The van der Waals surface area contributed by atoms with Crippen LogP contribution < -0.4 is 0 Å². The zero-order valence-electron chi connectivity index (χ0n) is 8.28. The van der Waals surface area contributed by atoms with E-state index in [9.17, 15) is 5.11 Å². The van der Waals surface area contributed by atoms with Crippen molar-refractivity contribution < 1.29 is 5.11 Å². The smallest absolute Gasteiger partial charge is 0.130 e. The quantitative estimate of drug-likeness (QED) is 0.779. The van der Waals surface area contributed by atoms with Gasteiger partial charge in [0.25, 0.3) is 0 Å². The maximum atomic E-state index is 9.39. The summed E-state index contributed by atoms with van der Waals surface area (Å²) in [5, 5.41) is 14.4. The zero-order chi connectivity index (χ0) is 10.1. The van der Waals surface area contributed by atoms with E-state index in [1.54, 1.807) is 6.20 Å². The van der Waals surface area contributed by atoms with E-state index in [4.69, 9.17) is 11.6 Å². The van der Waals surface area contributed by atoms with E-state index in [0.29, 0.717) is 6.04 Å². The molecule has 1 fully saturated rings. The number of aliphatic hydroxyl groups excluding tert-OH is 1. The highest BCUT2D eigenvalue weighted by Crippen LogP contribution is 2.31. The van der Waals surface area contributed by atoms with Crippen LogP contribution in [0.2, 0.25) is 5.15 Å². The molecule has 1 aliphatic carbocycles. The number of aryl methyl sites for hydroxylation is 1. The van der Waals surface area contributed by atoms with Gasteiger partial charge >= 0.3 is 0 Å².